The van der Waals surface area contributed by atoms with E-state index in [9.17, 15) is 0 Å². The highest BCUT2D eigenvalue weighted by atomic mass is 16.5. The molecule has 0 radical (unpaired) electrons. The molecule has 0 bridgehead atoms. The van der Waals surface area contributed by atoms with Gasteiger partial charge in [0.1, 0.15) is 0 Å². The maximum absolute atomic E-state index is 5.57. The molecule has 1 N–H and O–H groups in total. The van der Waals surface area contributed by atoms with E-state index in [0.29, 0.717) is 5.41 Å². The van der Waals surface area contributed by atoms with Gasteiger partial charge in [0.05, 0.1) is 6.61 Å². The molecule has 3 heterocycles. The number of methoxy groups -OCH3 is 1. The number of piperidine rings is 2. The third kappa shape index (κ3) is 3.35. The predicted molar refractivity (Wildman–Crippen MR) is 82.1 cm³/mol. The summed E-state index contributed by atoms with van der Waals surface area (Å²) < 4.78 is 5.57. The van der Waals surface area contributed by atoms with Crippen LogP contribution in [0.4, 0.5) is 0 Å². The summed E-state index contributed by atoms with van der Waals surface area (Å²) in [4.78, 5) is 5.46. The summed E-state index contributed by atoms with van der Waals surface area (Å²) in [6, 6.07) is 0.832. The summed E-state index contributed by atoms with van der Waals surface area (Å²) in [6.45, 7) is 9.66. The van der Waals surface area contributed by atoms with E-state index in [1.54, 1.807) is 0 Å². The second kappa shape index (κ2) is 6.73. The fourth-order valence-electron chi connectivity index (χ4n) is 4.45. The lowest BCUT2D eigenvalue weighted by Gasteiger charge is -2.48. The van der Waals surface area contributed by atoms with Crippen molar-refractivity contribution in [1.29, 1.82) is 0 Å². The van der Waals surface area contributed by atoms with E-state index in [1.165, 1.54) is 64.8 Å². The number of hydrogen-bond acceptors (Lipinski definition) is 4. The first-order valence-corrected chi connectivity index (χ1v) is 8.47. The summed E-state index contributed by atoms with van der Waals surface area (Å²) in [5.74, 6) is 0. The molecule has 3 aliphatic heterocycles. The zero-order chi connectivity index (χ0) is 13.8. The van der Waals surface area contributed by atoms with E-state index in [4.69, 9.17) is 4.74 Å². The van der Waals surface area contributed by atoms with Gasteiger partial charge in [-0.2, -0.15) is 0 Å². The van der Waals surface area contributed by atoms with Crippen LogP contribution in [0.15, 0.2) is 0 Å². The number of rotatable bonds is 4. The van der Waals surface area contributed by atoms with Gasteiger partial charge in [-0.1, -0.05) is 6.42 Å². The molecule has 3 aliphatic rings. The summed E-state index contributed by atoms with van der Waals surface area (Å²) in [7, 11) is 1.86. The first kappa shape index (κ1) is 14.8. The van der Waals surface area contributed by atoms with Crippen LogP contribution in [0.5, 0.6) is 0 Å². The molecule has 0 aliphatic carbocycles. The minimum absolute atomic E-state index is 0.400. The maximum Gasteiger partial charge on any atom is 0.0531 e. The quantitative estimate of drug-likeness (QED) is 0.837. The second-order valence-electron chi connectivity index (χ2n) is 7.10. The highest BCUT2D eigenvalue weighted by Crippen LogP contribution is 2.32. The Morgan fingerprint density at radius 1 is 1.15 bits per heavy atom. The average Bonchev–Trinajstić information content (AvgIpc) is 2.48. The van der Waals surface area contributed by atoms with Crippen molar-refractivity contribution in [2.24, 2.45) is 5.41 Å². The number of piperazine rings is 1. The zero-order valence-corrected chi connectivity index (χ0v) is 13.1. The third-order valence-corrected chi connectivity index (χ3v) is 5.60. The lowest BCUT2D eigenvalue weighted by atomic mass is 9.78. The van der Waals surface area contributed by atoms with Gasteiger partial charge in [-0.25, -0.2) is 0 Å². The highest BCUT2D eigenvalue weighted by molar-refractivity contribution is 4.91. The van der Waals surface area contributed by atoms with Crippen molar-refractivity contribution in [3.8, 4) is 0 Å². The Morgan fingerprint density at radius 2 is 2.00 bits per heavy atom. The van der Waals surface area contributed by atoms with Crippen LogP contribution < -0.4 is 5.32 Å². The Hall–Kier alpha value is -0.160. The summed E-state index contributed by atoms with van der Waals surface area (Å²) in [5.41, 5.74) is 0.400. The number of ether oxygens (including phenoxy) is 1. The highest BCUT2D eigenvalue weighted by Gasteiger charge is 2.37. The molecule has 0 aromatic rings. The first-order valence-electron chi connectivity index (χ1n) is 8.47. The van der Waals surface area contributed by atoms with E-state index in [2.05, 4.69) is 15.1 Å². The van der Waals surface area contributed by atoms with Gasteiger partial charge < -0.3 is 10.1 Å². The molecule has 0 aromatic carbocycles. The van der Waals surface area contributed by atoms with Crippen molar-refractivity contribution in [2.45, 2.75) is 38.1 Å². The molecule has 1 unspecified atom stereocenters. The van der Waals surface area contributed by atoms with Crippen LogP contribution in [0.25, 0.3) is 0 Å². The number of nitrogens with zero attached hydrogens (tertiary/aromatic N) is 2. The number of nitrogens with one attached hydrogen (secondary N) is 1. The van der Waals surface area contributed by atoms with Gasteiger partial charge >= 0.3 is 0 Å². The minimum atomic E-state index is 0.400. The van der Waals surface area contributed by atoms with Crippen LogP contribution in [0.3, 0.4) is 0 Å². The second-order valence-corrected chi connectivity index (χ2v) is 7.10. The Balaban J connectivity index is 1.58. The van der Waals surface area contributed by atoms with Gasteiger partial charge in [0.15, 0.2) is 0 Å². The topological polar surface area (TPSA) is 27.7 Å². The molecule has 4 nitrogen and oxygen atoms in total. The van der Waals surface area contributed by atoms with E-state index >= 15 is 0 Å². The fourth-order valence-corrected chi connectivity index (χ4v) is 4.45. The van der Waals surface area contributed by atoms with Gasteiger partial charge in [0.25, 0.3) is 0 Å². The molecule has 3 saturated heterocycles. The van der Waals surface area contributed by atoms with E-state index in [1.807, 2.05) is 7.11 Å². The minimum Gasteiger partial charge on any atom is -0.384 e. The van der Waals surface area contributed by atoms with Crippen molar-refractivity contribution in [3.63, 3.8) is 0 Å². The zero-order valence-electron chi connectivity index (χ0n) is 13.1. The molecule has 0 saturated carbocycles. The van der Waals surface area contributed by atoms with Gasteiger partial charge in [-0.3, -0.25) is 9.80 Å². The molecule has 0 amide bonds. The van der Waals surface area contributed by atoms with Crippen molar-refractivity contribution < 1.29 is 4.74 Å². The van der Waals surface area contributed by atoms with Gasteiger partial charge in [-0.15, -0.1) is 0 Å². The van der Waals surface area contributed by atoms with Crippen LogP contribution in [0.2, 0.25) is 0 Å². The predicted octanol–water partition coefficient (Wildman–Crippen LogP) is 1.17. The standard InChI is InChI=1S/C16H31N3O/c1-20-14-16(5-7-17-8-6-16)13-18-10-11-19-9-3-2-4-15(19)12-18/h15,17H,2-14H2,1H3. The Kier molecular flexibility index (Phi) is 4.97. The fraction of sp³-hybridized carbons (Fsp3) is 1.00. The Labute approximate surface area is 123 Å². The monoisotopic (exact) mass is 281 g/mol. The molecule has 3 fully saturated rings. The number of fused-ring (bicyclic) bond motifs is 1. The van der Waals surface area contributed by atoms with Crippen LogP contribution in [-0.2, 0) is 4.74 Å². The van der Waals surface area contributed by atoms with Crippen LogP contribution >= 0.6 is 0 Å². The van der Waals surface area contributed by atoms with Crippen molar-refractivity contribution in [2.75, 3.05) is 59.5 Å². The SMILES string of the molecule is COCC1(CN2CCN3CCCCC3C2)CCNCC1. The molecule has 1 atom stereocenters. The van der Waals surface area contributed by atoms with Gasteiger partial charge in [0.2, 0.25) is 0 Å². The summed E-state index contributed by atoms with van der Waals surface area (Å²) >= 11 is 0. The molecule has 3 rings (SSSR count). The summed E-state index contributed by atoms with van der Waals surface area (Å²) in [5, 5.41) is 3.50. The Morgan fingerprint density at radius 3 is 2.80 bits per heavy atom. The molecular weight excluding hydrogens is 250 g/mol. The van der Waals surface area contributed by atoms with Crippen LogP contribution in [0, 0.1) is 5.41 Å². The van der Waals surface area contributed by atoms with E-state index < -0.39 is 0 Å². The van der Waals surface area contributed by atoms with Crippen LogP contribution in [-0.4, -0.2) is 75.4 Å². The molecule has 0 aromatic heterocycles. The largest absolute Gasteiger partial charge is 0.384 e. The van der Waals surface area contributed by atoms with Crippen molar-refractivity contribution in [1.82, 2.24) is 15.1 Å². The average molecular weight is 281 g/mol. The maximum atomic E-state index is 5.57. The molecular formula is C16H31N3O. The summed E-state index contributed by atoms with van der Waals surface area (Å²) in [6.07, 6.45) is 6.80. The Bertz CT molecular complexity index is 299. The molecule has 116 valence electrons. The van der Waals surface area contributed by atoms with E-state index in [0.717, 1.165) is 25.7 Å². The molecule has 20 heavy (non-hydrogen) atoms. The lowest BCUT2D eigenvalue weighted by Crippen LogP contribution is -2.57. The third-order valence-electron chi connectivity index (χ3n) is 5.60. The van der Waals surface area contributed by atoms with Gasteiger partial charge in [-0.05, 0) is 45.3 Å². The first-order chi connectivity index (χ1) is 9.81. The van der Waals surface area contributed by atoms with Gasteiger partial charge in [0, 0.05) is 44.7 Å². The van der Waals surface area contributed by atoms with Crippen molar-refractivity contribution >= 4 is 0 Å². The smallest absolute Gasteiger partial charge is 0.0531 e. The number of hydrogen-bond donors (Lipinski definition) is 1. The normalized spacial score (nSPS) is 31.9. The van der Waals surface area contributed by atoms with Crippen LogP contribution in [0.1, 0.15) is 32.1 Å². The van der Waals surface area contributed by atoms with E-state index in [-0.39, 0.29) is 0 Å². The lowest BCUT2D eigenvalue weighted by molar-refractivity contribution is -0.0124. The van der Waals surface area contributed by atoms with Crippen molar-refractivity contribution in [3.05, 3.63) is 0 Å². The molecule has 0 spiro atoms. The molecule has 4 heteroatoms.